The van der Waals surface area contributed by atoms with Crippen LogP contribution in [0.2, 0.25) is 0 Å². The summed E-state index contributed by atoms with van der Waals surface area (Å²) in [4.78, 5) is 5.79. The van der Waals surface area contributed by atoms with Crippen LogP contribution in [0.15, 0.2) is 17.0 Å². The van der Waals surface area contributed by atoms with Gasteiger partial charge in [0.15, 0.2) is 11.5 Å². The summed E-state index contributed by atoms with van der Waals surface area (Å²) in [5.41, 5.74) is 1.18. The molecule has 0 saturated heterocycles. The Hall–Kier alpha value is -0.910. The van der Waals surface area contributed by atoms with Crippen LogP contribution >= 0.6 is 11.8 Å². The molecule has 16 heavy (non-hydrogen) atoms. The summed E-state index contributed by atoms with van der Waals surface area (Å²) < 4.78 is 11.1. The molecule has 1 aliphatic rings. The quantitative estimate of drug-likeness (QED) is 0.641. The first kappa shape index (κ1) is 11.6. The average Bonchev–Trinajstić information content (AvgIpc) is 2.35. The van der Waals surface area contributed by atoms with Crippen molar-refractivity contribution in [2.45, 2.75) is 11.3 Å². The van der Waals surface area contributed by atoms with Crippen molar-refractivity contribution in [3.63, 3.8) is 0 Å². The van der Waals surface area contributed by atoms with Crippen molar-refractivity contribution in [1.82, 2.24) is 0 Å². The van der Waals surface area contributed by atoms with Crippen molar-refractivity contribution in [2.24, 2.45) is 5.90 Å². The van der Waals surface area contributed by atoms with Crippen molar-refractivity contribution in [3.8, 4) is 11.5 Å². The van der Waals surface area contributed by atoms with Crippen LogP contribution in [0.25, 0.3) is 0 Å². The molecule has 0 atom stereocenters. The first-order valence-electron chi connectivity index (χ1n) is 5.13. The molecule has 1 heterocycles. The summed E-state index contributed by atoms with van der Waals surface area (Å²) in [6, 6.07) is 4.03. The maximum atomic E-state index is 5.54. The largest absolute Gasteiger partial charge is 0.486 e. The van der Waals surface area contributed by atoms with Crippen molar-refractivity contribution < 1.29 is 14.3 Å². The summed E-state index contributed by atoms with van der Waals surface area (Å²) in [5, 5.41) is 0. The Morgan fingerprint density at radius 1 is 1.31 bits per heavy atom. The molecule has 0 amide bonds. The number of ether oxygens (including phenoxy) is 2. The monoisotopic (exact) mass is 241 g/mol. The number of rotatable bonds is 4. The van der Waals surface area contributed by atoms with Gasteiger partial charge in [0.1, 0.15) is 13.2 Å². The van der Waals surface area contributed by atoms with Crippen LogP contribution in [0.4, 0.5) is 0 Å². The second-order valence-corrected chi connectivity index (χ2v) is 4.28. The van der Waals surface area contributed by atoms with E-state index < -0.39 is 0 Å². The lowest BCUT2D eigenvalue weighted by Gasteiger charge is -2.20. The van der Waals surface area contributed by atoms with Crippen LogP contribution in [0.1, 0.15) is 5.56 Å². The van der Waals surface area contributed by atoms with Crippen molar-refractivity contribution in [1.29, 1.82) is 0 Å². The Labute approximate surface area is 99.0 Å². The maximum Gasteiger partial charge on any atom is 0.162 e. The van der Waals surface area contributed by atoms with Crippen LogP contribution in [0, 0.1) is 0 Å². The molecule has 88 valence electrons. The van der Waals surface area contributed by atoms with E-state index >= 15 is 0 Å². The third kappa shape index (κ3) is 2.42. The molecule has 1 aliphatic heterocycles. The molecule has 0 unspecified atom stereocenters. The third-order valence-corrected chi connectivity index (χ3v) is 3.25. The molecule has 5 heteroatoms. The molecule has 2 rings (SSSR count). The van der Waals surface area contributed by atoms with E-state index in [1.807, 2.05) is 18.4 Å². The number of fused-ring (bicyclic) bond motifs is 1. The summed E-state index contributed by atoms with van der Waals surface area (Å²) in [5.74, 6) is 6.69. The van der Waals surface area contributed by atoms with E-state index in [1.165, 1.54) is 10.5 Å². The van der Waals surface area contributed by atoms with Crippen LogP contribution in [-0.4, -0.2) is 26.1 Å². The Morgan fingerprint density at radius 2 is 2.00 bits per heavy atom. The molecule has 0 bridgehead atoms. The average molecular weight is 241 g/mol. The minimum atomic E-state index is 0.507. The van der Waals surface area contributed by atoms with Gasteiger partial charge in [-0.05, 0) is 30.4 Å². The summed E-state index contributed by atoms with van der Waals surface area (Å²) in [7, 11) is 0. The number of benzene rings is 1. The van der Waals surface area contributed by atoms with Gasteiger partial charge in [-0.15, -0.1) is 11.8 Å². The molecule has 1 aromatic rings. The Kier molecular flexibility index (Phi) is 3.93. The van der Waals surface area contributed by atoms with Crippen LogP contribution in [0.3, 0.4) is 0 Å². The second kappa shape index (κ2) is 5.43. The van der Waals surface area contributed by atoms with E-state index in [9.17, 15) is 0 Å². The van der Waals surface area contributed by atoms with Gasteiger partial charge in [0, 0.05) is 4.90 Å². The van der Waals surface area contributed by atoms with E-state index in [-0.39, 0.29) is 0 Å². The fourth-order valence-electron chi connectivity index (χ4n) is 1.67. The highest BCUT2D eigenvalue weighted by molar-refractivity contribution is 7.98. The topological polar surface area (TPSA) is 53.7 Å². The normalized spacial score (nSPS) is 13.9. The minimum Gasteiger partial charge on any atom is -0.486 e. The molecular formula is C11H15NO3S. The van der Waals surface area contributed by atoms with Gasteiger partial charge in [0.25, 0.3) is 0 Å². The lowest BCUT2D eigenvalue weighted by Crippen LogP contribution is -2.16. The molecule has 0 saturated carbocycles. The molecule has 0 spiro atoms. The smallest absolute Gasteiger partial charge is 0.162 e. The third-order valence-electron chi connectivity index (χ3n) is 2.43. The van der Waals surface area contributed by atoms with E-state index in [4.69, 9.17) is 15.4 Å². The van der Waals surface area contributed by atoms with Gasteiger partial charge in [-0.3, -0.25) is 0 Å². The zero-order valence-corrected chi connectivity index (χ0v) is 10.0. The number of hydrogen-bond donors (Lipinski definition) is 1. The Balaban J connectivity index is 2.28. The van der Waals surface area contributed by atoms with E-state index in [2.05, 4.69) is 4.84 Å². The van der Waals surface area contributed by atoms with Crippen LogP contribution in [0.5, 0.6) is 11.5 Å². The lowest BCUT2D eigenvalue weighted by atomic mass is 10.1. The zero-order chi connectivity index (χ0) is 11.4. The maximum absolute atomic E-state index is 5.54. The molecule has 0 aliphatic carbocycles. The fourth-order valence-corrected chi connectivity index (χ4v) is 2.31. The molecule has 0 aromatic heterocycles. The molecule has 1 aromatic carbocycles. The first-order chi connectivity index (χ1) is 7.85. The van der Waals surface area contributed by atoms with E-state index in [0.29, 0.717) is 19.8 Å². The van der Waals surface area contributed by atoms with Crippen molar-refractivity contribution >= 4 is 11.8 Å². The van der Waals surface area contributed by atoms with Gasteiger partial charge in [-0.1, -0.05) is 0 Å². The van der Waals surface area contributed by atoms with Crippen LogP contribution < -0.4 is 15.4 Å². The zero-order valence-electron chi connectivity index (χ0n) is 9.19. The first-order valence-corrected chi connectivity index (χ1v) is 6.36. The van der Waals surface area contributed by atoms with Gasteiger partial charge in [-0.2, -0.15) is 0 Å². The highest BCUT2D eigenvalue weighted by Gasteiger charge is 2.15. The Morgan fingerprint density at radius 3 is 2.62 bits per heavy atom. The summed E-state index contributed by atoms with van der Waals surface area (Å²) in [6.07, 6.45) is 2.82. The molecule has 0 fully saturated rings. The molecule has 4 nitrogen and oxygen atoms in total. The predicted molar refractivity (Wildman–Crippen MR) is 63.1 cm³/mol. The Bertz CT molecular complexity index is 370. The lowest BCUT2D eigenvalue weighted by molar-refractivity contribution is 0.140. The van der Waals surface area contributed by atoms with Gasteiger partial charge in [-0.25, -0.2) is 5.90 Å². The van der Waals surface area contributed by atoms with E-state index in [0.717, 1.165) is 17.9 Å². The molecular weight excluding hydrogens is 226 g/mol. The highest BCUT2D eigenvalue weighted by atomic mass is 32.2. The van der Waals surface area contributed by atoms with Gasteiger partial charge in [0.05, 0.1) is 6.61 Å². The number of thioether (sulfide) groups is 1. The molecule has 2 N–H and O–H groups in total. The van der Waals surface area contributed by atoms with Gasteiger partial charge >= 0.3 is 0 Å². The predicted octanol–water partition coefficient (Wildman–Crippen LogP) is 1.61. The molecule has 0 radical (unpaired) electrons. The SMILES string of the molecule is CSc1cc2c(cc1CCON)OCCO2. The standard InChI is InChI=1S/C11H15NO3S/c1-16-11-7-10-9(13-4-5-14-10)6-8(11)2-3-15-12/h6-7H,2-5,12H2,1H3. The fraction of sp³-hybridized carbons (Fsp3) is 0.455. The highest BCUT2D eigenvalue weighted by Crippen LogP contribution is 2.36. The van der Waals surface area contributed by atoms with E-state index in [1.54, 1.807) is 11.8 Å². The van der Waals surface area contributed by atoms with Gasteiger partial charge in [0.2, 0.25) is 0 Å². The van der Waals surface area contributed by atoms with Crippen LogP contribution in [-0.2, 0) is 11.3 Å². The summed E-state index contributed by atoms with van der Waals surface area (Å²) >= 11 is 1.69. The summed E-state index contributed by atoms with van der Waals surface area (Å²) in [6.45, 7) is 1.73. The number of nitrogens with two attached hydrogens (primary N) is 1. The minimum absolute atomic E-state index is 0.507. The van der Waals surface area contributed by atoms with Gasteiger partial charge < -0.3 is 14.3 Å². The van der Waals surface area contributed by atoms with Crippen molar-refractivity contribution in [3.05, 3.63) is 17.7 Å². The second-order valence-electron chi connectivity index (χ2n) is 3.43. The number of hydrogen-bond acceptors (Lipinski definition) is 5. The van der Waals surface area contributed by atoms with Crippen molar-refractivity contribution in [2.75, 3.05) is 26.1 Å².